The topological polar surface area (TPSA) is 107 Å². The summed E-state index contributed by atoms with van der Waals surface area (Å²) in [5.74, 6) is 1.01. The first-order chi connectivity index (χ1) is 11.5. The third kappa shape index (κ3) is 5.08. The zero-order valence-electron chi connectivity index (χ0n) is 14.8. The molecule has 6 nitrogen and oxygen atoms in total. The van der Waals surface area contributed by atoms with Crippen LogP contribution in [0.1, 0.15) is 51.4 Å². The normalized spacial score (nSPS) is 33.8. The smallest absolute Gasteiger partial charge is 0.223 e. The van der Waals surface area contributed by atoms with E-state index in [9.17, 15) is 9.59 Å². The van der Waals surface area contributed by atoms with Crippen molar-refractivity contribution in [3.63, 3.8) is 0 Å². The SMILES string of the molecule is Cl.NC(=O)CC(NC(=O)C1CC2CCCC(C1)C2N)C1CCOCC1. The molecule has 2 aliphatic carbocycles. The summed E-state index contributed by atoms with van der Waals surface area (Å²) >= 11 is 0. The third-order valence-electron chi connectivity index (χ3n) is 6.37. The molecule has 0 aromatic carbocycles. The Labute approximate surface area is 156 Å². The number of hydrogen-bond acceptors (Lipinski definition) is 4. The predicted octanol–water partition coefficient (Wildman–Crippen LogP) is 1.35. The molecule has 0 radical (unpaired) electrons. The maximum atomic E-state index is 12.8. The molecule has 7 heteroatoms. The fourth-order valence-electron chi connectivity index (χ4n) is 4.97. The molecule has 144 valence electrons. The number of amides is 2. The summed E-state index contributed by atoms with van der Waals surface area (Å²) in [5.41, 5.74) is 11.7. The van der Waals surface area contributed by atoms with Gasteiger partial charge in [-0.2, -0.15) is 0 Å². The summed E-state index contributed by atoms with van der Waals surface area (Å²) in [5, 5.41) is 3.16. The van der Waals surface area contributed by atoms with Crippen molar-refractivity contribution in [3.8, 4) is 0 Å². The Morgan fingerprint density at radius 3 is 2.24 bits per heavy atom. The van der Waals surface area contributed by atoms with Crippen molar-refractivity contribution in [2.24, 2.45) is 35.1 Å². The number of carbonyl (C=O) groups is 2. The van der Waals surface area contributed by atoms with E-state index < -0.39 is 0 Å². The van der Waals surface area contributed by atoms with Gasteiger partial charge < -0.3 is 21.5 Å². The molecule has 2 amide bonds. The largest absolute Gasteiger partial charge is 0.381 e. The second-order valence-electron chi connectivity index (χ2n) is 7.93. The van der Waals surface area contributed by atoms with Gasteiger partial charge in [-0.05, 0) is 56.3 Å². The average molecular weight is 374 g/mol. The molecule has 3 fully saturated rings. The molecule has 3 aliphatic rings. The maximum absolute atomic E-state index is 12.8. The number of nitrogens with one attached hydrogen (secondary N) is 1. The van der Waals surface area contributed by atoms with Crippen molar-refractivity contribution < 1.29 is 14.3 Å². The average Bonchev–Trinajstić information content (AvgIpc) is 2.54. The fraction of sp³-hybridized carbons (Fsp3) is 0.889. The van der Waals surface area contributed by atoms with Gasteiger partial charge in [-0.25, -0.2) is 0 Å². The van der Waals surface area contributed by atoms with Gasteiger partial charge in [0, 0.05) is 37.6 Å². The number of rotatable bonds is 5. The summed E-state index contributed by atoms with van der Waals surface area (Å²) in [6.07, 6.45) is 7.27. The van der Waals surface area contributed by atoms with Gasteiger partial charge in [0.15, 0.2) is 0 Å². The van der Waals surface area contributed by atoms with Crippen molar-refractivity contribution in [3.05, 3.63) is 0 Å². The van der Waals surface area contributed by atoms with Gasteiger partial charge in [0.05, 0.1) is 0 Å². The van der Waals surface area contributed by atoms with Crippen LogP contribution in [0.2, 0.25) is 0 Å². The van der Waals surface area contributed by atoms with Crippen molar-refractivity contribution in [2.45, 2.75) is 63.5 Å². The van der Waals surface area contributed by atoms with Gasteiger partial charge in [-0.3, -0.25) is 9.59 Å². The van der Waals surface area contributed by atoms with Gasteiger partial charge in [-0.1, -0.05) is 6.42 Å². The van der Waals surface area contributed by atoms with Gasteiger partial charge in [0.1, 0.15) is 0 Å². The lowest BCUT2D eigenvalue weighted by Crippen LogP contribution is -2.52. The summed E-state index contributed by atoms with van der Waals surface area (Å²) in [7, 11) is 0. The number of ether oxygens (including phenoxy) is 1. The van der Waals surface area contributed by atoms with E-state index in [2.05, 4.69) is 5.32 Å². The van der Waals surface area contributed by atoms with E-state index in [1.165, 1.54) is 6.42 Å². The van der Waals surface area contributed by atoms with Crippen LogP contribution in [0, 0.1) is 23.7 Å². The van der Waals surface area contributed by atoms with Crippen LogP contribution in [-0.2, 0) is 14.3 Å². The third-order valence-corrected chi connectivity index (χ3v) is 6.37. The molecule has 2 bridgehead atoms. The second-order valence-corrected chi connectivity index (χ2v) is 7.93. The number of hydrogen-bond donors (Lipinski definition) is 3. The standard InChI is InChI=1S/C18H31N3O3.ClH/c19-16(22)10-15(11-4-6-24-7-5-11)21-18(23)14-8-12-2-1-3-13(9-14)17(12)20;/h11-15,17H,1-10,20H2,(H2,19,22)(H,21,23);1H. The van der Waals surface area contributed by atoms with Crippen LogP contribution in [0.25, 0.3) is 0 Å². The molecular formula is C18H32ClN3O3. The van der Waals surface area contributed by atoms with E-state index in [0.717, 1.165) is 38.5 Å². The summed E-state index contributed by atoms with van der Waals surface area (Å²) < 4.78 is 5.40. The molecule has 2 saturated carbocycles. The van der Waals surface area contributed by atoms with Gasteiger partial charge in [0.2, 0.25) is 11.8 Å². The number of halogens is 1. The Morgan fingerprint density at radius 2 is 1.68 bits per heavy atom. The van der Waals surface area contributed by atoms with Crippen LogP contribution in [0.15, 0.2) is 0 Å². The zero-order valence-corrected chi connectivity index (χ0v) is 15.6. The maximum Gasteiger partial charge on any atom is 0.223 e. The molecule has 3 atom stereocenters. The fourth-order valence-corrected chi connectivity index (χ4v) is 4.97. The molecule has 5 N–H and O–H groups in total. The number of carbonyl (C=O) groups excluding carboxylic acids is 2. The zero-order chi connectivity index (χ0) is 17.1. The lowest BCUT2D eigenvalue weighted by Gasteiger charge is -2.44. The first-order valence-electron chi connectivity index (χ1n) is 9.46. The first kappa shape index (κ1) is 20.5. The molecule has 1 saturated heterocycles. The number of nitrogens with two attached hydrogens (primary N) is 2. The predicted molar refractivity (Wildman–Crippen MR) is 98.1 cm³/mol. The van der Waals surface area contributed by atoms with Crippen LogP contribution < -0.4 is 16.8 Å². The van der Waals surface area contributed by atoms with Crippen molar-refractivity contribution in [1.29, 1.82) is 0 Å². The second kappa shape index (κ2) is 9.19. The highest BCUT2D eigenvalue weighted by atomic mass is 35.5. The molecule has 0 aromatic rings. The lowest BCUT2D eigenvalue weighted by atomic mass is 9.65. The van der Waals surface area contributed by atoms with Crippen LogP contribution in [-0.4, -0.2) is 37.1 Å². The minimum Gasteiger partial charge on any atom is -0.381 e. The Bertz CT molecular complexity index is 456. The summed E-state index contributed by atoms with van der Waals surface area (Å²) in [4.78, 5) is 24.3. The van der Waals surface area contributed by atoms with E-state index in [4.69, 9.17) is 16.2 Å². The molecule has 1 heterocycles. The van der Waals surface area contributed by atoms with Gasteiger partial charge >= 0.3 is 0 Å². The highest BCUT2D eigenvalue weighted by Gasteiger charge is 2.41. The Balaban J connectivity index is 0.00000225. The molecule has 1 aliphatic heterocycles. The summed E-state index contributed by atoms with van der Waals surface area (Å²) in [6, 6.07) is 0.106. The molecular weight excluding hydrogens is 342 g/mol. The van der Waals surface area contributed by atoms with E-state index in [0.29, 0.717) is 25.0 Å². The molecule has 25 heavy (non-hydrogen) atoms. The Morgan fingerprint density at radius 1 is 1.08 bits per heavy atom. The number of fused-ring (bicyclic) bond motifs is 2. The van der Waals surface area contributed by atoms with Crippen LogP contribution in [0.3, 0.4) is 0 Å². The van der Waals surface area contributed by atoms with E-state index >= 15 is 0 Å². The first-order valence-corrected chi connectivity index (χ1v) is 9.46. The van der Waals surface area contributed by atoms with E-state index in [1.54, 1.807) is 0 Å². The van der Waals surface area contributed by atoms with Crippen LogP contribution >= 0.6 is 12.4 Å². The van der Waals surface area contributed by atoms with Crippen LogP contribution in [0.4, 0.5) is 0 Å². The number of primary amides is 1. The molecule has 0 spiro atoms. The Hall–Kier alpha value is -0.850. The highest BCUT2D eigenvalue weighted by molar-refractivity contribution is 5.85. The highest BCUT2D eigenvalue weighted by Crippen LogP contribution is 2.42. The van der Waals surface area contributed by atoms with Gasteiger partial charge in [-0.15, -0.1) is 12.4 Å². The molecule has 0 aromatic heterocycles. The van der Waals surface area contributed by atoms with Crippen molar-refractivity contribution >= 4 is 24.2 Å². The van der Waals surface area contributed by atoms with E-state index in [-0.39, 0.29) is 54.6 Å². The van der Waals surface area contributed by atoms with Crippen LogP contribution in [0.5, 0.6) is 0 Å². The molecule has 3 unspecified atom stereocenters. The van der Waals surface area contributed by atoms with Crippen molar-refractivity contribution in [2.75, 3.05) is 13.2 Å². The van der Waals surface area contributed by atoms with Crippen molar-refractivity contribution in [1.82, 2.24) is 5.32 Å². The van der Waals surface area contributed by atoms with E-state index in [1.807, 2.05) is 0 Å². The monoisotopic (exact) mass is 373 g/mol. The Kier molecular flexibility index (Phi) is 7.52. The lowest BCUT2D eigenvalue weighted by molar-refractivity contribution is -0.129. The minimum atomic E-state index is -0.352. The summed E-state index contributed by atoms with van der Waals surface area (Å²) in [6.45, 7) is 1.39. The minimum absolute atomic E-state index is 0. The quantitative estimate of drug-likeness (QED) is 0.675. The molecule has 3 rings (SSSR count). The van der Waals surface area contributed by atoms with Gasteiger partial charge in [0.25, 0.3) is 0 Å².